The number of para-hydroxylation sites is 1. The molecule has 0 bridgehead atoms. The van der Waals surface area contributed by atoms with E-state index in [9.17, 15) is 5.11 Å². The van der Waals surface area contributed by atoms with Crippen LogP contribution in [0.5, 0.6) is 5.75 Å². The number of anilines is 1. The number of aromatic hydroxyl groups is 1. The van der Waals surface area contributed by atoms with Gasteiger partial charge in [-0.25, -0.2) is 4.98 Å². The van der Waals surface area contributed by atoms with Gasteiger partial charge >= 0.3 is 0 Å². The Morgan fingerprint density at radius 2 is 1.75 bits per heavy atom. The van der Waals surface area contributed by atoms with Gasteiger partial charge in [-0.1, -0.05) is 42.5 Å². The van der Waals surface area contributed by atoms with Gasteiger partial charge in [-0.3, -0.25) is 0 Å². The van der Waals surface area contributed by atoms with E-state index in [1.165, 1.54) is 5.56 Å². The molecule has 122 valence electrons. The molecule has 24 heavy (non-hydrogen) atoms. The second-order valence-corrected chi connectivity index (χ2v) is 5.76. The SMILES string of the molecule is CNC(Cc1ccccc1)c1cc(N)nc(-c2ccccc2O)c1. The van der Waals surface area contributed by atoms with Crippen LogP contribution in [-0.4, -0.2) is 17.1 Å². The van der Waals surface area contributed by atoms with Crippen molar-refractivity contribution in [1.29, 1.82) is 0 Å². The highest BCUT2D eigenvalue weighted by Crippen LogP contribution is 2.30. The van der Waals surface area contributed by atoms with Crippen LogP contribution in [0.15, 0.2) is 66.7 Å². The molecular weight excluding hydrogens is 298 g/mol. The molecule has 0 spiro atoms. The Bertz CT molecular complexity index is 818. The third-order valence-electron chi connectivity index (χ3n) is 4.08. The highest BCUT2D eigenvalue weighted by atomic mass is 16.3. The number of aromatic nitrogens is 1. The first-order valence-corrected chi connectivity index (χ1v) is 7.94. The average Bonchev–Trinajstić information content (AvgIpc) is 2.60. The van der Waals surface area contributed by atoms with E-state index in [-0.39, 0.29) is 11.8 Å². The molecule has 4 nitrogen and oxygen atoms in total. The summed E-state index contributed by atoms with van der Waals surface area (Å²) in [4.78, 5) is 4.38. The number of nitrogen functional groups attached to an aromatic ring is 1. The van der Waals surface area contributed by atoms with Gasteiger partial charge in [0.1, 0.15) is 11.6 Å². The van der Waals surface area contributed by atoms with Gasteiger partial charge in [0.25, 0.3) is 0 Å². The number of pyridine rings is 1. The minimum absolute atomic E-state index is 0.113. The van der Waals surface area contributed by atoms with Crippen molar-refractivity contribution < 1.29 is 5.11 Å². The standard InChI is InChI=1S/C20H21N3O/c1-22-17(11-14-7-3-2-4-8-14)15-12-18(23-20(21)13-15)16-9-5-6-10-19(16)24/h2-10,12-13,17,22,24H,11H2,1H3,(H2,21,23). The highest BCUT2D eigenvalue weighted by molar-refractivity contribution is 5.68. The number of phenols is 1. The molecule has 4 N–H and O–H groups in total. The van der Waals surface area contributed by atoms with Gasteiger partial charge in [0.05, 0.1) is 5.69 Å². The predicted molar refractivity (Wildman–Crippen MR) is 97.7 cm³/mol. The lowest BCUT2D eigenvalue weighted by Gasteiger charge is -2.18. The van der Waals surface area contributed by atoms with Gasteiger partial charge in [-0.2, -0.15) is 0 Å². The van der Waals surface area contributed by atoms with Crippen LogP contribution in [-0.2, 0) is 6.42 Å². The van der Waals surface area contributed by atoms with Crippen LogP contribution in [0.1, 0.15) is 17.2 Å². The van der Waals surface area contributed by atoms with Crippen LogP contribution >= 0.6 is 0 Å². The third kappa shape index (κ3) is 3.55. The number of hydrogen-bond acceptors (Lipinski definition) is 4. The fraction of sp³-hybridized carbons (Fsp3) is 0.150. The zero-order valence-corrected chi connectivity index (χ0v) is 13.6. The van der Waals surface area contributed by atoms with Gasteiger partial charge < -0.3 is 16.2 Å². The molecule has 0 aliphatic heterocycles. The van der Waals surface area contributed by atoms with Crippen molar-refractivity contribution in [1.82, 2.24) is 10.3 Å². The van der Waals surface area contributed by atoms with Crippen LogP contribution in [0.3, 0.4) is 0 Å². The lowest BCUT2D eigenvalue weighted by atomic mass is 9.97. The molecule has 3 aromatic rings. The Hall–Kier alpha value is -2.85. The van der Waals surface area contributed by atoms with Crippen molar-refractivity contribution in [2.24, 2.45) is 0 Å². The van der Waals surface area contributed by atoms with Crippen LogP contribution in [0.25, 0.3) is 11.3 Å². The molecule has 1 unspecified atom stereocenters. The Kier molecular flexibility index (Phi) is 4.77. The Labute approximate surface area is 142 Å². The Morgan fingerprint density at radius 1 is 1.04 bits per heavy atom. The average molecular weight is 319 g/mol. The molecule has 0 saturated carbocycles. The van der Waals surface area contributed by atoms with Gasteiger partial charge in [0.2, 0.25) is 0 Å². The van der Waals surface area contributed by atoms with Crippen LogP contribution in [0, 0.1) is 0 Å². The number of nitrogens with zero attached hydrogens (tertiary/aromatic N) is 1. The summed E-state index contributed by atoms with van der Waals surface area (Å²) < 4.78 is 0. The summed E-state index contributed by atoms with van der Waals surface area (Å²) in [7, 11) is 1.93. The van der Waals surface area contributed by atoms with Crippen molar-refractivity contribution in [3.05, 3.63) is 77.9 Å². The summed E-state index contributed by atoms with van der Waals surface area (Å²) in [5.74, 6) is 0.643. The third-order valence-corrected chi connectivity index (χ3v) is 4.08. The molecule has 0 amide bonds. The first kappa shape index (κ1) is 16.0. The number of hydrogen-bond donors (Lipinski definition) is 3. The molecular formula is C20H21N3O. The van der Waals surface area contributed by atoms with Crippen molar-refractivity contribution in [3.63, 3.8) is 0 Å². The minimum atomic E-state index is 0.113. The Balaban J connectivity index is 1.97. The summed E-state index contributed by atoms with van der Waals surface area (Å²) in [6, 6.07) is 21.4. The molecule has 0 radical (unpaired) electrons. The van der Waals surface area contributed by atoms with E-state index in [0.717, 1.165) is 12.0 Å². The van der Waals surface area contributed by atoms with Crippen molar-refractivity contribution in [2.75, 3.05) is 12.8 Å². The van der Waals surface area contributed by atoms with Crippen LogP contribution in [0.4, 0.5) is 5.82 Å². The van der Waals surface area contributed by atoms with Gasteiger partial charge in [-0.15, -0.1) is 0 Å². The maximum absolute atomic E-state index is 10.1. The largest absolute Gasteiger partial charge is 0.507 e. The van der Waals surface area contributed by atoms with E-state index in [0.29, 0.717) is 17.1 Å². The van der Waals surface area contributed by atoms with E-state index < -0.39 is 0 Å². The second kappa shape index (κ2) is 7.15. The van der Waals surface area contributed by atoms with Crippen molar-refractivity contribution in [3.8, 4) is 17.0 Å². The molecule has 2 aromatic carbocycles. The molecule has 3 rings (SSSR count). The lowest BCUT2D eigenvalue weighted by molar-refractivity contribution is 0.477. The van der Waals surface area contributed by atoms with Gasteiger partial charge in [0.15, 0.2) is 0 Å². The molecule has 1 heterocycles. The number of likely N-dealkylation sites (N-methyl/N-ethyl adjacent to an activating group) is 1. The zero-order chi connectivity index (χ0) is 16.9. The lowest BCUT2D eigenvalue weighted by Crippen LogP contribution is -2.19. The summed E-state index contributed by atoms with van der Waals surface area (Å²) >= 11 is 0. The number of phenolic OH excluding ortho intramolecular Hbond substituents is 1. The maximum atomic E-state index is 10.1. The summed E-state index contributed by atoms with van der Waals surface area (Å²) in [6.45, 7) is 0. The quantitative estimate of drug-likeness (QED) is 0.672. The van der Waals surface area contributed by atoms with E-state index >= 15 is 0 Å². The molecule has 1 atom stereocenters. The molecule has 0 saturated heterocycles. The highest BCUT2D eigenvalue weighted by Gasteiger charge is 2.14. The number of nitrogens with two attached hydrogens (primary N) is 1. The minimum Gasteiger partial charge on any atom is -0.507 e. The number of nitrogens with one attached hydrogen (secondary N) is 1. The molecule has 1 aromatic heterocycles. The molecule has 0 aliphatic rings. The first-order chi connectivity index (χ1) is 11.7. The number of rotatable bonds is 5. The fourth-order valence-electron chi connectivity index (χ4n) is 2.84. The van der Waals surface area contributed by atoms with E-state index in [1.54, 1.807) is 12.1 Å². The summed E-state index contributed by atoms with van der Waals surface area (Å²) in [5.41, 5.74) is 9.67. The fourth-order valence-corrected chi connectivity index (χ4v) is 2.84. The zero-order valence-electron chi connectivity index (χ0n) is 13.6. The molecule has 0 aliphatic carbocycles. The summed E-state index contributed by atoms with van der Waals surface area (Å²) in [5, 5.41) is 13.4. The molecule has 0 fully saturated rings. The second-order valence-electron chi connectivity index (χ2n) is 5.76. The first-order valence-electron chi connectivity index (χ1n) is 7.94. The van der Waals surface area contributed by atoms with Crippen LogP contribution < -0.4 is 11.1 Å². The smallest absolute Gasteiger partial charge is 0.124 e. The Morgan fingerprint density at radius 3 is 2.46 bits per heavy atom. The van der Waals surface area contributed by atoms with Gasteiger partial charge in [-0.05, 0) is 48.9 Å². The maximum Gasteiger partial charge on any atom is 0.124 e. The monoisotopic (exact) mass is 319 g/mol. The van der Waals surface area contributed by atoms with Crippen LogP contribution in [0.2, 0.25) is 0 Å². The van der Waals surface area contributed by atoms with E-state index in [2.05, 4.69) is 22.4 Å². The molecule has 4 heteroatoms. The summed E-state index contributed by atoms with van der Waals surface area (Å²) in [6.07, 6.45) is 0.848. The van der Waals surface area contributed by atoms with Crippen molar-refractivity contribution in [2.45, 2.75) is 12.5 Å². The van der Waals surface area contributed by atoms with Gasteiger partial charge in [0, 0.05) is 11.6 Å². The normalized spacial score (nSPS) is 12.0. The number of benzene rings is 2. The van der Waals surface area contributed by atoms with Crippen molar-refractivity contribution >= 4 is 5.82 Å². The predicted octanol–water partition coefficient (Wildman–Crippen LogP) is 3.54. The van der Waals surface area contributed by atoms with E-state index in [1.807, 2.05) is 49.5 Å². The van der Waals surface area contributed by atoms with E-state index in [4.69, 9.17) is 5.73 Å². The topological polar surface area (TPSA) is 71.2 Å².